The van der Waals surface area contributed by atoms with E-state index in [2.05, 4.69) is 10.4 Å². The zero-order valence-electron chi connectivity index (χ0n) is 16.7. The number of carbonyl (C=O) groups is 2. The van der Waals surface area contributed by atoms with E-state index in [0.717, 1.165) is 5.56 Å². The Kier molecular flexibility index (Phi) is 5.36. The molecular weight excluding hydrogens is 435 g/mol. The Morgan fingerprint density at radius 3 is 2.65 bits per heavy atom. The van der Waals surface area contributed by atoms with Gasteiger partial charge in [-0.1, -0.05) is 23.7 Å². The molecule has 7 nitrogen and oxygen atoms in total. The minimum Gasteiger partial charge on any atom is -0.365 e. The number of nitrogens with two attached hydrogens (primary N) is 1. The number of rotatable bonds is 4. The van der Waals surface area contributed by atoms with Gasteiger partial charge in [0.05, 0.1) is 23.8 Å². The first-order valence-corrected chi connectivity index (χ1v) is 10.1. The van der Waals surface area contributed by atoms with Gasteiger partial charge in [0.2, 0.25) is 0 Å². The van der Waals surface area contributed by atoms with E-state index in [1.54, 1.807) is 18.2 Å². The van der Waals surface area contributed by atoms with Gasteiger partial charge in [-0.2, -0.15) is 5.10 Å². The molecule has 1 aromatic heterocycles. The van der Waals surface area contributed by atoms with Gasteiger partial charge in [-0.15, -0.1) is 0 Å². The van der Waals surface area contributed by atoms with Crippen molar-refractivity contribution in [3.05, 3.63) is 40.0 Å². The van der Waals surface area contributed by atoms with Gasteiger partial charge in [0, 0.05) is 36.0 Å². The monoisotopic (exact) mass is 455 g/mol. The number of nitrogens with zero attached hydrogens (tertiary/aromatic N) is 3. The number of primary amides is 1. The van der Waals surface area contributed by atoms with E-state index in [9.17, 15) is 22.8 Å². The molecule has 166 valence electrons. The molecule has 0 unspecified atom stereocenters. The number of carbonyl (C=O) groups excluding carboxylic acids is 2. The highest BCUT2D eigenvalue weighted by molar-refractivity contribution is 6.31. The fourth-order valence-electron chi connectivity index (χ4n) is 4.00. The second kappa shape index (κ2) is 7.74. The zero-order chi connectivity index (χ0) is 22.5. The lowest BCUT2D eigenvalue weighted by Gasteiger charge is -2.38. The Bertz CT molecular complexity index is 1050. The third-order valence-corrected chi connectivity index (χ3v) is 6.11. The maximum Gasteiger partial charge on any atom is 0.318 e. The highest BCUT2D eigenvalue weighted by Crippen LogP contribution is 2.38. The summed E-state index contributed by atoms with van der Waals surface area (Å²) < 4.78 is 41.4. The molecule has 1 fully saturated rings. The maximum atomic E-state index is 13.8. The largest absolute Gasteiger partial charge is 0.365 e. The molecular formula is C20H21ClF3N5O2. The molecule has 3 amide bonds. The van der Waals surface area contributed by atoms with Crippen molar-refractivity contribution in [2.75, 3.05) is 13.2 Å². The van der Waals surface area contributed by atoms with E-state index < -0.39 is 49.5 Å². The Morgan fingerprint density at radius 1 is 1.35 bits per heavy atom. The molecule has 31 heavy (non-hydrogen) atoms. The van der Waals surface area contributed by atoms with Crippen molar-refractivity contribution in [1.29, 1.82) is 0 Å². The van der Waals surface area contributed by atoms with Gasteiger partial charge in [0.25, 0.3) is 11.8 Å². The fraction of sp³-hybridized carbons (Fsp3) is 0.450. The number of nitrogens with one attached hydrogen (secondary N) is 1. The second-order valence-corrected chi connectivity index (χ2v) is 8.45. The quantitative estimate of drug-likeness (QED) is 0.739. The van der Waals surface area contributed by atoms with E-state index in [0.29, 0.717) is 16.3 Å². The lowest BCUT2D eigenvalue weighted by Crippen LogP contribution is -2.55. The van der Waals surface area contributed by atoms with Crippen LogP contribution in [-0.2, 0) is 6.54 Å². The van der Waals surface area contributed by atoms with Crippen molar-refractivity contribution < 1.29 is 22.8 Å². The Hall–Kier alpha value is -2.75. The number of fused-ring (bicyclic) bond motifs is 1. The van der Waals surface area contributed by atoms with Crippen LogP contribution < -0.4 is 11.1 Å². The van der Waals surface area contributed by atoms with Crippen LogP contribution in [0, 0.1) is 6.92 Å². The number of alkyl halides is 3. The van der Waals surface area contributed by atoms with Crippen LogP contribution in [0.4, 0.5) is 18.0 Å². The summed E-state index contributed by atoms with van der Waals surface area (Å²) in [6.45, 7) is 0.905. The molecule has 0 radical (unpaired) electrons. The Morgan fingerprint density at radius 2 is 2.06 bits per heavy atom. The van der Waals surface area contributed by atoms with Crippen molar-refractivity contribution in [1.82, 2.24) is 20.0 Å². The van der Waals surface area contributed by atoms with Gasteiger partial charge in [0.1, 0.15) is 12.4 Å². The summed E-state index contributed by atoms with van der Waals surface area (Å²) in [7, 11) is 0. The van der Waals surface area contributed by atoms with Crippen molar-refractivity contribution in [3.63, 3.8) is 0 Å². The molecule has 2 heterocycles. The van der Waals surface area contributed by atoms with Crippen LogP contribution in [0.5, 0.6) is 0 Å². The fourth-order valence-corrected chi connectivity index (χ4v) is 4.18. The normalized spacial score (nSPS) is 20.2. The van der Waals surface area contributed by atoms with Crippen LogP contribution in [0.3, 0.4) is 0 Å². The lowest BCUT2D eigenvalue weighted by molar-refractivity contribution is -0.0904. The van der Waals surface area contributed by atoms with Gasteiger partial charge in [-0.3, -0.25) is 9.48 Å². The third-order valence-electron chi connectivity index (χ3n) is 5.70. The summed E-state index contributed by atoms with van der Waals surface area (Å²) in [5.41, 5.74) is 7.61. The summed E-state index contributed by atoms with van der Waals surface area (Å²) in [4.78, 5) is 26.2. The van der Waals surface area contributed by atoms with Crippen molar-refractivity contribution in [2.45, 2.75) is 44.3 Å². The molecule has 2 aromatic rings. The van der Waals surface area contributed by atoms with E-state index in [1.165, 1.54) is 9.58 Å². The summed E-state index contributed by atoms with van der Waals surface area (Å²) >= 11 is 6.21. The molecule has 11 heteroatoms. The molecule has 0 bridgehead atoms. The van der Waals surface area contributed by atoms with E-state index >= 15 is 0 Å². The maximum absolute atomic E-state index is 13.8. The first-order valence-electron chi connectivity index (χ1n) is 9.76. The average Bonchev–Trinajstić information content (AvgIpc) is 3.07. The standard InChI is InChI=1S/C20H21ClF3N5O2/c1-10-2-3-11(4-14(10)21)17-16(18(25)30)15-9-28(8-13(7-22)29(15)27-17)19(31)26-12-5-20(23,24)6-12/h2-4,12-13H,5-9H2,1H3,(H2,25,30)(H,26,31)/t13-/m1/s1. The molecule has 0 spiro atoms. The Balaban J connectivity index is 1.67. The van der Waals surface area contributed by atoms with Crippen LogP contribution in [-0.4, -0.2) is 51.8 Å². The van der Waals surface area contributed by atoms with Crippen LogP contribution in [0.25, 0.3) is 11.3 Å². The number of urea groups is 1. The number of aryl methyl sites for hydroxylation is 1. The highest BCUT2D eigenvalue weighted by atomic mass is 35.5. The van der Waals surface area contributed by atoms with Gasteiger partial charge >= 0.3 is 6.03 Å². The number of hydrogen-bond donors (Lipinski definition) is 2. The number of amides is 3. The predicted molar refractivity (Wildman–Crippen MR) is 108 cm³/mol. The predicted octanol–water partition coefficient (Wildman–Crippen LogP) is 3.44. The van der Waals surface area contributed by atoms with Crippen molar-refractivity contribution >= 4 is 23.5 Å². The number of benzene rings is 1. The SMILES string of the molecule is Cc1ccc(-c2nn3c(c2C(N)=O)CN(C(=O)NC2CC(F)(F)C2)C[C@H]3CF)cc1Cl. The van der Waals surface area contributed by atoms with Crippen LogP contribution in [0.2, 0.25) is 5.02 Å². The second-order valence-electron chi connectivity index (χ2n) is 8.04. The first kappa shape index (κ1) is 21.5. The van der Waals surface area contributed by atoms with E-state index in [-0.39, 0.29) is 24.3 Å². The van der Waals surface area contributed by atoms with Gasteiger partial charge in [-0.05, 0) is 18.6 Å². The van der Waals surface area contributed by atoms with Gasteiger partial charge in [0.15, 0.2) is 0 Å². The summed E-state index contributed by atoms with van der Waals surface area (Å²) in [6.07, 6.45) is -0.857. The minimum atomic E-state index is -2.77. The van der Waals surface area contributed by atoms with Crippen LogP contribution in [0.1, 0.15) is 40.5 Å². The summed E-state index contributed by atoms with van der Waals surface area (Å²) in [5, 5.41) is 7.44. The Labute approximate surface area is 181 Å². The minimum absolute atomic E-state index is 0.0214. The number of halogens is 4. The molecule has 1 aliphatic carbocycles. The topological polar surface area (TPSA) is 93.2 Å². The van der Waals surface area contributed by atoms with Gasteiger partial charge < -0.3 is 16.0 Å². The number of hydrogen-bond acceptors (Lipinski definition) is 3. The van der Waals surface area contributed by atoms with Gasteiger partial charge in [-0.25, -0.2) is 18.0 Å². The summed E-state index contributed by atoms with van der Waals surface area (Å²) in [6, 6.07) is 3.06. The van der Waals surface area contributed by atoms with Crippen LogP contribution in [0.15, 0.2) is 18.2 Å². The number of aromatic nitrogens is 2. The lowest BCUT2D eigenvalue weighted by atomic mass is 9.88. The molecule has 4 rings (SSSR count). The molecule has 1 aliphatic heterocycles. The smallest absolute Gasteiger partial charge is 0.318 e. The molecule has 1 saturated carbocycles. The summed E-state index contributed by atoms with van der Waals surface area (Å²) in [5.74, 6) is -3.55. The third kappa shape index (κ3) is 3.96. The van der Waals surface area contributed by atoms with Crippen molar-refractivity contribution in [3.8, 4) is 11.3 Å². The van der Waals surface area contributed by atoms with Crippen LogP contribution >= 0.6 is 11.6 Å². The molecule has 0 saturated heterocycles. The first-order chi connectivity index (χ1) is 14.6. The molecule has 1 atom stereocenters. The van der Waals surface area contributed by atoms with E-state index in [4.69, 9.17) is 17.3 Å². The van der Waals surface area contributed by atoms with E-state index in [1.807, 2.05) is 6.92 Å². The molecule has 1 aromatic carbocycles. The van der Waals surface area contributed by atoms with Crippen molar-refractivity contribution in [2.24, 2.45) is 5.73 Å². The zero-order valence-corrected chi connectivity index (χ0v) is 17.4. The average molecular weight is 456 g/mol. The molecule has 2 aliphatic rings. The molecule has 3 N–H and O–H groups in total. The highest BCUT2D eigenvalue weighted by Gasteiger charge is 2.46.